The van der Waals surface area contributed by atoms with Crippen molar-refractivity contribution >= 4 is 5.84 Å². The number of fused-ring (bicyclic) bond motifs is 1. The molecule has 2 rings (SSSR count). The van der Waals surface area contributed by atoms with E-state index in [4.69, 9.17) is 15.2 Å². The van der Waals surface area contributed by atoms with Crippen molar-refractivity contribution in [2.75, 3.05) is 13.2 Å². The largest absolute Gasteiger partial charge is 0.386 e. The van der Waals surface area contributed by atoms with Crippen LogP contribution in [0.3, 0.4) is 0 Å². The second-order valence-electron chi connectivity index (χ2n) is 4.51. The average molecular weight is 248 g/mol. The number of aliphatic imine (C=N–C) groups is 1. The Morgan fingerprint density at radius 2 is 1.83 bits per heavy atom. The van der Waals surface area contributed by atoms with Crippen molar-refractivity contribution in [1.29, 1.82) is 10.5 Å². The van der Waals surface area contributed by atoms with Crippen molar-refractivity contribution in [3.05, 3.63) is 0 Å². The molecule has 1 aliphatic heterocycles. The van der Waals surface area contributed by atoms with Crippen LogP contribution in [0, 0.1) is 39.4 Å². The van der Waals surface area contributed by atoms with E-state index in [1.165, 1.54) is 0 Å². The number of nitrogens with zero attached hydrogens (tertiary/aromatic N) is 3. The Morgan fingerprint density at radius 1 is 1.28 bits per heavy atom. The molecular formula is C12H16N4O2. The highest BCUT2D eigenvalue weighted by molar-refractivity contribution is 5.98. The normalized spacial score (nSPS) is 39.4. The fraction of sp³-hybridized carbons (Fsp3) is 0.750. The lowest BCUT2D eigenvalue weighted by Gasteiger charge is -2.31. The van der Waals surface area contributed by atoms with Crippen LogP contribution in [-0.4, -0.2) is 25.0 Å². The molecule has 0 amide bonds. The van der Waals surface area contributed by atoms with Gasteiger partial charge in [0.05, 0.1) is 12.1 Å². The molecule has 0 radical (unpaired) electrons. The van der Waals surface area contributed by atoms with Crippen molar-refractivity contribution in [2.24, 2.45) is 27.5 Å². The maximum absolute atomic E-state index is 9.55. The molecule has 0 unspecified atom stereocenters. The summed E-state index contributed by atoms with van der Waals surface area (Å²) in [4.78, 5) is 4.17. The number of nitrogens with two attached hydrogens (primary N) is 1. The fourth-order valence-corrected chi connectivity index (χ4v) is 3.17. The predicted molar refractivity (Wildman–Crippen MR) is 62.9 cm³/mol. The van der Waals surface area contributed by atoms with Gasteiger partial charge in [-0.3, -0.25) is 0 Å². The maximum Gasteiger partial charge on any atom is 0.293 e. The third-order valence-corrected chi connectivity index (χ3v) is 4.04. The van der Waals surface area contributed by atoms with E-state index in [0.717, 1.165) is 0 Å². The van der Waals surface area contributed by atoms with E-state index in [1.807, 2.05) is 0 Å². The third kappa shape index (κ3) is 0.973. The minimum absolute atomic E-state index is 0.140. The van der Waals surface area contributed by atoms with Gasteiger partial charge < -0.3 is 15.2 Å². The summed E-state index contributed by atoms with van der Waals surface area (Å²) in [6, 6.07) is 4.32. The van der Waals surface area contributed by atoms with Gasteiger partial charge in [0.2, 0.25) is 0 Å². The Morgan fingerprint density at radius 3 is 2.17 bits per heavy atom. The van der Waals surface area contributed by atoms with Gasteiger partial charge in [-0.25, -0.2) is 4.99 Å². The summed E-state index contributed by atoms with van der Waals surface area (Å²) >= 11 is 0. The van der Waals surface area contributed by atoms with Gasteiger partial charge in [0.15, 0.2) is 5.41 Å². The molecule has 0 aromatic rings. The summed E-state index contributed by atoms with van der Waals surface area (Å²) in [7, 11) is 0. The quantitative estimate of drug-likeness (QED) is 0.739. The van der Waals surface area contributed by atoms with Crippen LogP contribution in [0.15, 0.2) is 4.99 Å². The first-order valence-corrected chi connectivity index (χ1v) is 5.99. The SMILES string of the molecule is CCOC1(OCC)N=C(N)[C@@]2(C#N)[C@H](C)[C@@]12C#N. The Bertz CT molecular complexity index is 483. The van der Waals surface area contributed by atoms with Gasteiger partial charge in [-0.05, 0) is 13.8 Å². The smallest absolute Gasteiger partial charge is 0.293 e. The fourth-order valence-electron chi connectivity index (χ4n) is 3.17. The zero-order valence-electron chi connectivity index (χ0n) is 10.7. The molecule has 3 atom stereocenters. The van der Waals surface area contributed by atoms with Crippen LogP contribution in [0.5, 0.6) is 0 Å². The van der Waals surface area contributed by atoms with Crippen LogP contribution in [-0.2, 0) is 9.47 Å². The highest BCUT2D eigenvalue weighted by Crippen LogP contribution is 2.77. The molecular weight excluding hydrogens is 232 g/mol. The van der Waals surface area contributed by atoms with Crippen LogP contribution in [0.1, 0.15) is 20.8 Å². The van der Waals surface area contributed by atoms with E-state index in [9.17, 15) is 10.5 Å². The van der Waals surface area contributed by atoms with Crippen molar-refractivity contribution < 1.29 is 9.47 Å². The second kappa shape index (κ2) is 3.68. The van der Waals surface area contributed by atoms with E-state index < -0.39 is 16.7 Å². The molecule has 0 aromatic heterocycles. The lowest BCUT2D eigenvalue weighted by Crippen LogP contribution is -2.43. The Hall–Kier alpha value is -1.63. The molecule has 0 saturated heterocycles. The molecule has 2 N–H and O–H groups in total. The minimum Gasteiger partial charge on any atom is -0.386 e. The van der Waals surface area contributed by atoms with Crippen molar-refractivity contribution in [1.82, 2.24) is 0 Å². The number of amidine groups is 1. The van der Waals surface area contributed by atoms with E-state index in [2.05, 4.69) is 17.1 Å². The average Bonchev–Trinajstić information content (AvgIpc) is 2.82. The van der Waals surface area contributed by atoms with Crippen LogP contribution >= 0.6 is 0 Å². The Kier molecular flexibility index (Phi) is 2.62. The molecule has 2 aliphatic rings. The van der Waals surface area contributed by atoms with Gasteiger partial charge >= 0.3 is 0 Å². The number of nitriles is 2. The summed E-state index contributed by atoms with van der Waals surface area (Å²) in [6.45, 7) is 6.04. The molecule has 1 aliphatic carbocycles. The van der Waals surface area contributed by atoms with Crippen molar-refractivity contribution in [3.8, 4) is 12.1 Å². The zero-order valence-corrected chi connectivity index (χ0v) is 10.7. The first-order chi connectivity index (χ1) is 8.53. The molecule has 1 fully saturated rings. The number of hydrogen-bond donors (Lipinski definition) is 1. The molecule has 1 heterocycles. The van der Waals surface area contributed by atoms with Crippen molar-refractivity contribution in [3.63, 3.8) is 0 Å². The second-order valence-corrected chi connectivity index (χ2v) is 4.51. The summed E-state index contributed by atoms with van der Waals surface area (Å²) in [5.41, 5.74) is 3.66. The van der Waals surface area contributed by atoms with E-state index in [0.29, 0.717) is 13.2 Å². The molecule has 6 heteroatoms. The topological polar surface area (TPSA) is 104 Å². The highest BCUT2D eigenvalue weighted by atomic mass is 16.7. The molecule has 0 spiro atoms. The van der Waals surface area contributed by atoms with Gasteiger partial charge in [0.1, 0.15) is 11.3 Å². The van der Waals surface area contributed by atoms with E-state index >= 15 is 0 Å². The summed E-state index contributed by atoms with van der Waals surface area (Å²) in [5.74, 6) is -1.55. The van der Waals surface area contributed by atoms with Gasteiger partial charge in [-0.1, -0.05) is 6.92 Å². The predicted octanol–water partition coefficient (Wildman–Crippen LogP) is 0.754. The van der Waals surface area contributed by atoms with E-state index in [1.54, 1.807) is 20.8 Å². The maximum atomic E-state index is 9.55. The summed E-state index contributed by atoms with van der Waals surface area (Å²) in [5, 5.41) is 19.0. The lowest BCUT2D eigenvalue weighted by atomic mass is 9.94. The first kappa shape index (κ1) is 12.8. The molecule has 96 valence electrons. The number of hydrogen-bond acceptors (Lipinski definition) is 6. The monoisotopic (exact) mass is 248 g/mol. The number of rotatable bonds is 4. The molecule has 0 bridgehead atoms. The Balaban J connectivity index is 2.58. The Labute approximate surface area is 106 Å². The first-order valence-electron chi connectivity index (χ1n) is 5.99. The molecule has 18 heavy (non-hydrogen) atoms. The van der Waals surface area contributed by atoms with Gasteiger partial charge in [-0.15, -0.1) is 0 Å². The molecule has 6 nitrogen and oxygen atoms in total. The highest BCUT2D eigenvalue weighted by Gasteiger charge is 2.91. The summed E-state index contributed by atoms with van der Waals surface area (Å²) < 4.78 is 11.2. The molecule has 1 saturated carbocycles. The van der Waals surface area contributed by atoms with Crippen LogP contribution in [0.4, 0.5) is 0 Å². The zero-order chi connectivity index (χ0) is 13.6. The van der Waals surface area contributed by atoms with Gasteiger partial charge in [0, 0.05) is 19.1 Å². The van der Waals surface area contributed by atoms with E-state index in [-0.39, 0.29) is 11.8 Å². The number of ether oxygens (including phenoxy) is 2. The van der Waals surface area contributed by atoms with Crippen LogP contribution in [0.25, 0.3) is 0 Å². The van der Waals surface area contributed by atoms with Crippen LogP contribution < -0.4 is 5.73 Å². The van der Waals surface area contributed by atoms with Crippen molar-refractivity contribution in [2.45, 2.75) is 26.7 Å². The van der Waals surface area contributed by atoms with Gasteiger partial charge in [0.25, 0.3) is 5.91 Å². The standard InChI is InChI=1S/C12H16N4O2/c1-4-17-12(18-5-2)11(7-14)8(3)10(11,6-13)9(15)16-12/h8H,4-5H2,1-3H3,(H2,15,16)/t8-,10+,11+/m0/s1. The lowest BCUT2D eigenvalue weighted by molar-refractivity contribution is -0.256. The van der Waals surface area contributed by atoms with Crippen LogP contribution in [0.2, 0.25) is 0 Å². The summed E-state index contributed by atoms with van der Waals surface area (Å²) in [6.07, 6.45) is 0. The minimum atomic E-state index is -1.44. The molecule has 0 aromatic carbocycles. The van der Waals surface area contributed by atoms with Gasteiger partial charge in [-0.2, -0.15) is 10.5 Å². The third-order valence-electron chi connectivity index (χ3n) is 4.04.